The van der Waals surface area contributed by atoms with Gasteiger partial charge in [0, 0.05) is 18.5 Å². The second-order valence-electron chi connectivity index (χ2n) is 7.58. The first kappa shape index (κ1) is 18.4. The van der Waals surface area contributed by atoms with E-state index in [0.717, 1.165) is 19.5 Å². The number of rotatable bonds is 8. The van der Waals surface area contributed by atoms with Gasteiger partial charge in [0.2, 0.25) is 5.91 Å². The molecule has 0 aliphatic carbocycles. The van der Waals surface area contributed by atoms with Crippen LogP contribution in [0.3, 0.4) is 0 Å². The highest BCUT2D eigenvalue weighted by Crippen LogP contribution is 2.26. The van der Waals surface area contributed by atoms with Crippen molar-refractivity contribution in [2.75, 3.05) is 20.1 Å². The number of nitrogens with one attached hydrogen (secondary N) is 1. The molecule has 3 nitrogen and oxygen atoms in total. The average molecular weight is 270 g/mol. The van der Waals surface area contributed by atoms with Crippen LogP contribution in [0, 0.1) is 5.41 Å². The van der Waals surface area contributed by atoms with E-state index >= 15 is 0 Å². The van der Waals surface area contributed by atoms with Crippen molar-refractivity contribution < 1.29 is 4.79 Å². The van der Waals surface area contributed by atoms with Crippen LogP contribution < -0.4 is 5.32 Å². The van der Waals surface area contributed by atoms with Gasteiger partial charge in [-0.15, -0.1) is 0 Å². The molecular formula is C16H34N2O. The Morgan fingerprint density at radius 3 is 2.16 bits per heavy atom. The molecule has 0 rings (SSSR count). The van der Waals surface area contributed by atoms with Gasteiger partial charge in [-0.3, -0.25) is 4.79 Å². The third-order valence-corrected chi connectivity index (χ3v) is 3.06. The van der Waals surface area contributed by atoms with Gasteiger partial charge < -0.3 is 10.2 Å². The van der Waals surface area contributed by atoms with Crippen LogP contribution in [0.5, 0.6) is 0 Å². The lowest BCUT2D eigenvalue weighted by atomic mass is 9.82. The van der Waals surface area contributed by atoms with E-state index in [1.54, 1.807) is 0 Å². The predicted octanol–water partition coefficient (Wildman–Crippen LogP) is 3.44. The average Bonchev–Trinajstić information content (AvgIpc) is 2.19. The van der Waals surface area contributed by atoms with E-state index in [0.29, 0.717) is 6.42 Å². The van der Waals surface area contributed by atoms with Crippen molar-refractivity contribution in [3.63, 3.8) is 0 Å². The number of hydrogen-bond acceptors (Lipinski definition) is 2. The smallest absolute Gasteiger partial charge is 0.221 e. The molecule has 0 unspecified atom stereocenters. The Morgan fingerprint density at radius 1 is 1.11 bits per heavy atom. The minimum Gasteiger partial charge on any atom is -0.351 e. The summed E-state index contributed by atoms with van der Waals surface area (Å²) in [6, 6.07) is 0. The topological polar surface area (TPSA) is 32.3 Å². The Balaban J connectivity index is 4.03. The van der Waals surface area contributed by atoms with Crippen LogP contribution in [-0.4, -0.2) is 36.5 Å². The highest BCUT2D eigenvalue weighted by Gasteiger charge is 2.26. The summed E-state index contributed by atoms with van der Waals surface area (Å²) in [5.41, 5.74) is 0.103. The minimum atomic E-state index is -0.128. The quantitative estimate of drug-likeness (QED) is 0.733. The summed E-state index contributed by atoms with van der Waals surface area (Å²) in [5, 5.41) is 3.16. The van der Waals surface area contributed by atoms with Gasteiger partial charge in [-0.1, -0.05) is 34.1 Å². The molecule has 1 amide bonds. The van der Waals surface area contributed by atoms with E-state index in [-0.39, 0.29) is 16.9 Å². The molecule has 0 aliphatic rings. The zero-order valence-corrected chi connectivity index (χ0v) is 14.1. The van der Waals surface area contributed by atoms with E-state index < -0.39 is 0 Å². The maximum absolute atomic E-state index is 12.0. The third-order valence-electron chi connectivity index (χ3n) is 3.06. The van der Waals surface area contributed by atoms with Crippen LogP contribution >= 0.6 is 0 Å². The van der Waals surface area contributed by atoms with Crippen LogP contribution in [0.2, 0.25) is 0 Å². The van der Waals surface area contributed by atoms with E-state index in [9.17, 15) is 4.79 Å². The SMILES string of the molecule is CCCCN(C)CCC(=O)NC(C)(C)CC(C)(C)C. The predicted molar refractivity (Wildman–Crippen MR) is 83.3 cm³/mol. The van der Waals surface area contributed by atoms with Crippen LogP contribution in [0.1, 0.15) is 67.2 Å². The van der Waals surface area contributed by atoms with Crippen LogP contribution in [0.4, 0.5) is 0 Å². The number of hydrogen-bond donors (Lipinski definition) is 1. The number of amides is 1. The molecule has 0 aromatic carbocycles. The fraction of sp³-hybridized carbons (Fsp3) is 0.938. The maximum atomic E-state index is 12.0. The van der Waals surface area contributed by atoms with Gasteiger partial charge in [0.25, 0.3) is 0 Å². The molecule has 0 bridgehead atoms. The fourth-order valence-corrected chi connectivity index (χ4v) is 2.64. The summed E-state index contributed by atoms with van der Waals surface area (Å²) < 4.78 is 0. The minimum absolute atomic E-state index is 0.128. The van der Waals surface area contributed by atoms with Gasteiger partial charge in [0.05, 0.1) is 0 Å². The van der Waals surface area contributed by atoms with E-state index in [1.807, 2.05) is 0 Å². The monoisotopic (exact) mass is 270 g/mol. The number of unbranched alkanes of at least 4 members (excludes halogenated alkanes) is 1. The van der Waals surface area contributed by atoms with Crippen molar-refractivity contribution in [3.05, 3.63) is 0 Å². The molecule has 19 heavy (non-hydrogen) atoms. The molecule has 0 atom stereocenters. The molecule has 0 spiro atoms. The Kier molecular flexibility index (Phi) is 7.65. The summed E-state index contributed by atoms with van der Waals surface area (Å²) in [5.74, 6) is 0.164. The normalized spacial score (nSPS) is 12.8. The molecule has 0 aromatic rings. The zero-order valence-electron chi connectivity index (χ0n) is 14.1. The molecular weight excluding hydrogens is 236 g/mol. The Morgan fingerprint density at radius 2 is 1.68 bits per heavy atom. The van der Waals surface area contributed by atoms with Crippen LogP contribution in [0.25, 0.3) is 0 Å². The van der Waals surface area contributed by atoms with E-state index in [2.05, 4.69) is 58.8 Å². The van der Waals surface area contributed by atoms with Gasteiger partial charge in [-0.2, -0.15) is 0 Å². The summed E-state index contributed by atoms with van der Waals surface area (Å²) in [6.07, 6.45) is 3.98. The van der Waals surface area contributed by atoms with Crippen molar-refractivity contribution in [3.8, 4) is 0 Å². The molecule has 0 saturated carbocycles. The lowest BCUT2D eigenvalue weighted by Gasteiger charge is -2.33. The second-order valence-corrected chi connectivity index (χ2v) is 7.58. The number of carbonyl (C=O) groups excluding carboxylic acids is 1. The Bertz CT molecular complexity index is 266. The molecule has 0 radical (unpaired) electrons. The summed E-state index contributed by atoms with van der Waals surface area (Å²) in [4.78, 5) is 14.2. The van der Waals surface area contributed by atoms with Gasteiger partial charge >= 0.3 is 0 Å². The summed E-state index contributed by atoms with van der Waals surface area (Å²) in [7, 11) is 2.09. The van der Waals surface area contributed by atoms with Gasteiger partial charge in [0.15, 0.2) is 0 Å². The van der Waals surface area contributed by atoms with Gasteiger partial charge in [0.1, 0.15) is 0 Å². The van der Waals surface area contributed by atoms with Crippen LogP contribution in [0.15, 0.2) is 0 Å². The van der Waals surface area contributed by atoms with Crippen LogP contribution in [-0.2, 0) is 4.79 Å². The van der Waals surface area contributed by atoms with Gasteiger partial charge in [-0.25, -0.2) is 0 Å². The van der Waals surface area contributed by atoms with E-state index in [4.69, 9.17) is 0 Å². The molecule has 1 N–H and O–H groups in total. The highest BCUT2D eigenvalue weighted by atomic mass is 16.1. The lowest BCUT2D eigenvalue weighted by Crippen LogP contribution is -2.46. The molecule has 114 valence electrons. The molecule has 0 heterocycles. The second kappa shape index (κ2) is 7.88. The van der Waals surface area contributed by atoms with Crippen molar-refractivity contribution in [1.82, 2.24) is 10.2 Å². The first-order valence-corrected chi connectivity index (χ1v) is 7.55. The first-order chi connectivity index (χ1) is 8.56. The summed E-state index contributed by atoms with van der Waals surface area (Å²) in [6.45, 7) is 15.0. The maximum Gasteiger partial charge on any atom is 0.221 e. The Hall–Kier alpha value is -0.570. The molecule has 0 fully saturated rings. The third kappa shape index (κ3) is 11.0. The zero-order chi connectivity index (χ0) is 15.1. The molecule has 3 heteroatoms. The van der Waals surface area contributed by atoms with Gasteiger partial charge in [-0.05, 0) is 45.7 Å². The molecule has 0 aromatic heterocycles. The lowest BCUT2D eigenvalue weighted by molar-refractivity contribution is -0.123. The Labute approximate surface area is 120 Å². The molecule has 0 aliphatic heterocycles. The highest BCUT2D eigenvalue weighted by molar-refractivity contribution is 5.76. The largest absolute Gasteiger partial charge is 0.351 e. The number of carbonyl (C=O) groups is 1. The van der Waals surface area contributed by atoms with Crippen molar-refractivity contribution >= 4 is 5.91 Å². The number of nitrogens with zero attached hydrogens (tertiary/aromatic N) is 1. The van der Waals surface area contributed by atoms with E-state index in [1.165, 1.54) is 12.8 Å². The standard InChI is InChI=1S/C16H34N2O/c1-8-9-11-18(7)12-10-14(19)17-16(5,6)13-15(2,3)4/h8-13H2,1-7H3,(H,17,19). The first-order valence-electron chi connectivity index (χ1n) is 7.55. The summed E-state index contributed by atoms with van der Waals surface area (Å²) >= 11 is 0. The van der Waals surface area contributed by atoms with Crippen molar-refractivity contribution in [2.24, 2.45) is 5.41 Å². The molecule has 0 saturated heterocycles. The van der Waals surface area contributed by atoms with Crippen molar-refractivity contribution in [1.29, 1.82) is 0 Å². The fourth-order valence-electron chi connectivity index (χ4n) is 2.64. The van der Waals surface area contributed by atoms with Crippen molar-refractivity contribution in [2.45, 2.75) is 72.8 Å².